The van der Waals surface area contributed by atoms with Crippen LogP contribution in [-0.4, -0.2) is 23.5 Å². The topological polar surface area (TPSA) is 9.23 Å². The predicted octanol–water partition coefficient (Wildman–Crippen LogP) is 9.49. The zero-order valence-corrected chi connectivity index (χ0v) is 33.0. The van der Waals surface area contributed by atoms with Crippen LogP contribution in [0.3, 0.4) is 0 Å². The molecule has 0 saturated heterocycles. The van der Waals surface area contributed by atoms with Crippen LogP contribution in [-0.2, 0) is 5.41 Å². The molecule has 0 bridgehead atoms. The fourth-order valence-electron chi connectivity index (χ4n) is 8.67. The SMILES string of the molecule is C=CCOc1c(C2=c3cc(C(C)(C)C)ccc3=C3C(=C4CCC(C)(C)C=C4C3[SiH](CC)CC)C2(C)C)cc(C)cc1[Si](C)(C)C. The Kier molecular flexibility index (Phi) is 8.84. The second kappa shape index (κ2) is 11.7. The van der Waals surface area contributed by atoms with E-state index in [1.807, 2.05) is 6.08 Å². The van der Waals surface area contributed by atoms with E-state index in [0.29, 0.717) is 12.1 Å². The number of allylic oxidation sites excluding steroid dienone is 4. The number of hydrogen-bond acceptors (Lipinski definition) is 1. The van der Waals surface area contributed by atoms with Gasteiger partial charge in [0.25, 0.3) is 0 Å². The first-order valence-corrected chi connectivity index (χ1v) is 23.4. The molecular formula is C42H60OSi2. The molecule has 3 aliphatic rings. The Morgan fingerprint density at radius 3 is 2.22 bits per heavy atom. The fourth-order valence-corrected chi connectivity index (χ4v) is 13.4. The van der Waals surface area contributed by atoms with E-state index in [9.17, 15) is 0 Å². The van der Waals surface area contributed by atoms with E-state index >= 15 is 0 Å². The van der Waals surface area contributed by atoms with Crippen LogP contribution in [0.5, 0.6) is 5.75 Å². The number of ether oxygens (including phenoxy) is 1. The number of benzene rings is 2. The largest absolute Gasteiger partial charge is 0.489 e. The summed E-state index contributed by atoms with van der Waals surface area (Å²) in [6.07, 6.45) is 7.02. The van der Waals surface area contributed by atoms with Crippen molar-refractivity contribution in [3.8, 4) is 5.75 Å². The van der Waals surface area contributed by atoms with Crippen LogP contribution in [0.4, 0.5) is 0 Å². The van der Waals surface area contributed by atoms with Crippen molar-refractivity contribution in [3.05, 3.63) is 92.9 Å². The summed E-state index contributed by atoms with van der Waals surface area (Å²) in [7, 11) is -2.83. The van der Waals surface area contributed by atoms with Crippen molar-refractivity contribution in [1.29, 1.82) is 0 Å². The maximum absolute atomic E-state index is 6.77. The first kappa shape index (κ1) is 34.0. The molecule has 3 heteroatoms. The monoisotopic (exact) mass is 636 g/mol. The molecule has 2 aromatic rings. The molecule has 3 aliphatic carbocycles. The molecule has 0 radical (unpaired) electrons. The first-order chi connectivity index (χ1) is 20.9. The number of aryl methyl sites for hydroxylation is 1. The smallest absolute Gasteiger partial charge is 0.126 e. The minimum absolute atomic E-state index is 0.0612. The van der Waals surface area contributed by atoms with Crippen molar-refractivity contribution < 1.29 is 4.74 Å². The fraction of sp³-hybridized carbons (Fsp3) is 0.524. The Bertz CT molecular complexity index is 1710. The van der Waals surface area contributed by atoms with Gasteiger partial charge >= 0.3 is 0 Å². The highest BCUT2D eigenvalue weighted by atomic mass is 28.3. The van der Waals surface area contributed by atoms with Crippen LogP contribution in [0.1, 0.15) is 91.8 Å². The van der Waals surface area contributed by atoms with E-state index in [4.69, 9.17) is 4.74 Å². The highest BCUT2D eigenvalue weighted by Crippen LogP contribution is 2.61. The molecule has 1 atom stereocenters. The minimum Gasteiger partial charge on any atom is -0.489 e. The van der Waals surface area contributed by atoms with Crippen molar-refractivity contribution in [3.63, 3.8) is 0 Å². The predicted molar refractivity (Wildman–Crippen MR) is 204 cm³/mol. The molecule has 0 N–H and O–H groups in total. The summed E-state index contributed by atoms with van der Waals surface area (Å²) in [5.41, 5.74) is 12.9. The van der Waals surface area contributed by atoms with Crippen LogP contribution in [0.15, 0.2) is 65.8 Å². The summed E-state index contributed by atoms with van der Waals surface area (Å²) >= 11 is 0. The third-order valence-corrected chi connectivity index (χ3v) is 16.7. The van der Waals surface area contributed by atoms with Crippen LogP contribution < -0.4 is 20.4 Å². The summed E-state index contributed by atoms with van der Waals surface area (Å²) in [5.74, 6) is 1.09. The highest BCUT2D eigenvalue weighted by Gasteiger charge is 2.49. The number of fused-ring (bicyclic) bond motifs is 3. The van der Waals surface area contributed by atoms with Gasteiger partial charge in [0.1, 0.15) is 12.4 Å². The van der Waals surface area contributed by atoms with Gasteiger partial charge in [0.15, 0.2) is 0 Å². The van der Waals surface area contributed by atoms with Crippen LogP contribution in [0.25, 0.3) is 11.1 Å². The lowest BCUT2D eigenvalue weighted by atomic mass is 9.66. The van der Waals surface area contributed by atoms with Crippen LogP contribution >= 0.6 is 0 Å². The molecule has 0 aliphatic heterocycles. The van der Waals surface area contributed by atoms with E-state index in [1.54, 1.807) is 22.3 Å². The molecule has 5 rings (SSSR count). The molecule has 0 saturated carbocycles. The molecule has 1 unspecified atom stereocenters. The lowest BCUT2D eigenvalue weighted by Gasteiger charge is -2.39. The van der Waals surface area contributed by atoms with E-state index in [1.165, 1.54) is 62.8 Å². The molecule has 0 fully saturated rings. The van der Waals surface area contributed by atoms with Gasteiger partial charge in [-0.1, -0.05) is 143 Å². The van der Waals surface area contributed by atoms with E-state index < -0.39 is 16.9 Å². The van der Waals surface area contributed by atoms with Crippen molar-refractivity contribution in [2.75, 3.05) is 6.61 Å². The zero-order chi connectivity index (χ0) is 33.3. The van der Waals surface area contributed by atoms with Gasteiger partial charge in [-0.25, -0.2) is 0 Å². The van der Waals surface area contributed by atoms with E-state index in [0.717, 1.165) is 5.75 Å². The zero-order valence-electron chi connectivity index (χ0n) is 30.8. The molecule has 242 valence electrons. The summed E-state index contributed by atoms with van der Waals surface area (Å²) in [5, 5.41) is 4.34. The molecular weight excluding hydrogens is 577 g/mol. The van der Waals surface area contributed by atoms with Gasteiger partial charge < -0.3 is 4.74 Å². The molecule has 0 amide bonds. The van der Waals surface area contributed by atoms with E-state index in [-0.39, 0.29) is 16.2 Å². The van der Waals surface area contributed by atoms with Gasteiger partial charge in [0, 0.05) is 25.3 Å². The van der Waals surface area contributed by atoms with Gasteiger partial charge in [-0.2, -0.15) is 0 Å². The second-order valence-corrected chi connectivity index (χ2v) is 26.3. The Labute approximate surface area is 277 Å². The lowest BCUT2D eigenvalue weighted by Crippen LogP contribution is -2.44. The molecule has 0 spiro atoms. The van der Waals surface area contributed by atoms with Crippen molar-refractivity contribution in [2.24, 2.45) is 10.8 Å². The average molecular weight is 637 g/mol. The van der Waals surface area contributed by atoms with Gasteiger partial charge in [-0.3, -0.25) is 0 Å². The maximum Gasteiger partial charge on any atom is 0.126 e. The summed E-state index contributed by atoms with van der Waals surface area (Å²) < 4.78 is 6.77. The van der Waals surface area contributed by atoms with Gasteiger partial charge in [-0.15, -0.1) is 0 Å². The van der Waals surface area contributed by atoms with Gasteiger partial charge in [0.05, 0.1) is 8.07 Å². The van der Waals surface area contributed by atoms with Crippen molar-refractivity contribution >= 4 is 33.2 Å². The third-order valence-electron chi connectivity index (χ3n) is 11.0. The quantitative estimate of drug-likeness (QED) is 0.207. The van der Waals surface area contributed by atoms with Gasteiger partial charge in [-0.05, 0) is 85.7 Å². The maximum atomic E-state index is 6.77. The van der Waals surface area contributed by atoms with Crippen molar-refractivity contribution in [1.82, 2.24) is 0 Å². The Balaban J connectivity index is 2.05. The van der Waals surface area contributed by atoms with Crippen LogP contribution in [0.2, 0.25) is 37.3 Å². The summed E-state index contributed by atoms with van der Waals surface area (Å²) in [6, 6.07) is 15.1. The number of rotatable bonds is 8. The first-order valence-electron chi connectivity index (χ1n) is 17.6. The molecule has 0 aromatic heterocycles. The second-order valence-electron chi connectivity index (χ2n) is 17.5. The molecule has 0 heterocycles. The number of hydrogen-bond donors (Lipinski definition) is 0. The minimum atomic E-state index is -1.73. The third kappa shape index (κ3) is 5.86. The Hall–Kier alpha value is -2.37. The Morgan fingerprint density at radius 2 is 1.64 bits per heavy atom. The standard InChI is InChI=1S/C42H60OSi2/c1-15-22-43-38-32(23-27(4)24-34(38)45(12,13)14)36-31-25-28(40(5,6)7)18-19-29(31)35-37(42(36,10)11)30-20-21-41(8,9)26-33(30)39(35)44(16-2)17-3/h15,18-19,23-26,39,44H,1,16-17,20-22H2,2-14H3. The molecule has 45 heavy (non-hydrogen) atoms. The summed E-state index contributed by atoms with van der Waals surface area (Å²) in [4.78, 5) is 0. The van der Waals surface area contributed by atoms with Gasteiger partial charge in [0.2, 0.25) is 0 Å². The van der Waals surface area contributed by atoms with E-state index in [2.05, 4.69) is 132 Å². The Morgan fingerprint density at radius 1 is 0.978 bits per heavy atom. The summed E-state index contributed by atoms with van der Waals surface area (Å²) in [6.45, 7) is 36.2. The van der Waals surface area contributed by atoms with Crippen LogP contribution in [0, 0.1) is 17.8 Å². The van der Waals surface area contributed by atoms with Crippen molar-refractivity contribution in [2.45, 2.75) is 125 Å². The molecule has 1 nitrogen and oxygen atoms in total. The lowest BCUT2D eigenvalue weighted by molar-refractivity contribution is 0.364. The molecule has 2 aromatic carbocycles. The normalized spacial score (nSPS) is 20.6. The average Bonchev–Trinajstić information content (AvgIpc) is 3.26. The highest BCUT2D eigenvalue weighted by molar-refractivity contribution is 6.89.